The Morgan fingerprint density at radius 1 is 1.32 bits per heavy atom. The van der Waals surface area contributed by atoms with E-state index in [1.54, 1.807) is 7.05 Å². The summed E-state index contributed by atoms with van der Waals surface area (Å²) in [6.45, 7) is 0.576. The SMILES string of the molecule is CN(Cc1ccc(OC(F)(F)F)cc1)C(=O)CCN. The van der Waals surface area contributed by atoms with Gasteiger partial charge in [-0.1, -0.05) is 12.1 Å². The van der Waals surface area contributed by atoms with Crippen LogP contribution in [0.2, 0.25) is 0 Å². The first-order chi connectivity index (χ1) is 8.81. The van der Waals surface area contributed by atoms with Crippen LogP contribution in [0.15, 0.2) is 24.3 Å². The fourth-order valence-electron chi connectivity index (χ4n) is 1.47. The number of halogens is 3. The van der Waals surface area contributed by atoms with Crippen LogP contribution in [0.1, 0.15) is 12.0 Å². The molecule has 1 amide bonds. The van der Waals surface area contributed by atoms with Gasteiger partial charge in [0.15, 0.2) is 0 Å². The summed E-state index contributed by atoms with van der Waals surface area (Å²) in [5.41, 5.74) is 5.98. The van der Waals surface area contributed by atoms with Crippen LogP contribution >= 0.6 is 0 Å². The molecule has 0 aliphatic rings. The summed E-state index contributed by atoms with van der Waals surface area (Å²) in [4.78, 5) is 12.9. The van der Waals surface area contributed by atoms with Gasteiger partial charge < -0.3 is 15.4 Å². The molecule has 2 N–H and O–H groups in total. The number of carbonyl (C=O) groups excluding carboxylic acids is 1. The van der Waals surface area contributed by atoms with Crippen molar-refractivity contribution in [1.29, 1.82) is 0 Å². The molecule has 0 saturated carbocycles. The molecule has 1 rings (SSSR count). The third-order valence-electron chi connectivity index (χ3n) is 2.36. The number of benzene rings is 1. The van der Waals surface area contributed by atoms with E-state index in [2.05, 4.69) is 4.74 Å². The Kier molecular flexibility index (Phi) is 5.17. The molecule has 1 aromatic rings. The van der Waals surface area contributed by atoms with E-state index in [1.165, 1.54) is 29.2 Å². The second-order valence-electron chi connectivity index (χ2n) is 3.98. The first-order valence-corrected chi connectivity index (χ1v) is 5.60. The number of carbonyl (C=O) groups is 1. The van der Waals surface area contributed by atoms with Crippen molar-refractivity contribution in [3.05, 3.63) is 29.8 Å². The van der Waals surface area contributed by atoms with Gasteiger partial charge in [0.25, 0.3) is 0 Å². The van der Waals surface area contributed by atoms with Crippen LogP contribution < -0.4 is 10.5 Å². The maximum Gasteiger partial charge on any atom is 0.573 e. The molecule has 0 aliphatic heterocycles. The molecule has 7 heteroatoms. The lowest BCUT2D eigenvalue weighted by Crippen LogP contribution is -2.27. The minimum absolute atomic E-state index is 0.113. The summed E-state index contributed by atoms with van der Waals surface area (Å²) in [6.07, 6.45) is -4.46. The van der Waals surface area contributed by atoms with Crippen molar-refractivity contribution in [1.82, 2.24) is 4.90 Å². The zero-order valence-electron chi connectivity index (χ0n) is 10.4. The molecular weight excluding hydrogens is 261 g/mol. The van der Waals surface area contributed by atoms with Gasteiger partial charge >= 0.3 is 6.36 Å². The lowest BCUT2D eigenvalue weighted by molar-refractivity contribution is -0.274. The van der Waals surface area contributed by atoms with Crippen LogP contribution in [0.4, 0.5) is 13.2 Å². The first-order valence-electron chi connectivity index (χ1n) is 5.60. The second-order valence-corrected chi connectivity index (χ2v) is 3.98. The summed E-state index contributed by atoms with van der Waals surface area (Å²) in [5, 5.41) is 0. The van der Waals surface area contributed by atoms with Gasteiger partial charge in [0.2, 0.25) is 5.91 Å². The van der Waals surface area contributed by atoms with E-state index in [0.717, 1.165) is 0 Å². The van der Waals surface area contributed by atoms with Crippen molar-refractivity contribution in [3.63, 3.8) is 0 Å². The van der Waals surface area contributed by atoms with E-state index in [4.69, 9.17) is 5.73 Å². The van der Waals surface area contributed by atoms with Crippen molar-refractivity contribution in [3.8, 4) is 5.75 Å². The molecule has 0 fully saturated rings. The van der Waals surface area contributed by atoms with E-state index in [9.17, 15) is 18.0 Å². The largest absolute Gasteiger partial charge is 0.573 e. The Morgan fingerprint density at radius 3 is 2.37 bits per heavy atom. The van der Waals surface area contributed by atoms with Crippen LogP contribution in [0.3, 0.4) is 0 Å². The number of rotatable bonds is 5. The lowest BCUT2D eigenvalue weighted by Gasteiger charge is -2.17. The van der Waals surface area contributed by atoms with Crippen molar-refractivity contribution in [2.45, 2.75) is 19.3 Å². The van der Waals surface area contributed by atoms with Gasteiger partial charge in [-0.05, 0) is 17.7 Å². The Labute approximate surface area is 108 Å². The maximum absolute atomic E-state index is 12.0. The zero-order valence-corrected chi connectivity index (χ0v) is 10.4. The van der Waals surface area contributed by atoms with Gasteiger partial charge in [0.05, 0.1) is 0 Å². The molecule has 0 aromatic heterocycles. The number of amides is 1. The van der Waals surface area contributed by atoms with Gasteiger partial charge in [-0.3, -0.25) is 4.79 Å². The number of hydrogen-bond acceptors (Lipinski definition) is 3. The Morgan fingerprint density at radius 2 is 1.89 bits per heavy atom. The van der Waals surface area contributed by atoms with Crippen LogP contribution in [0.25, 0.3) is 0 Å². The summed E-state index contributed by atoms with van der Waals surface area (Å²) in [6, 6.07) is 5.38. The molecule has 0 heterocycles. The lowest BCUT2D eigenvalue weighted by atomic mass is 10.2. The number of nitrogens with zero attached hydrogens (tertiary/aromatic N) is 1. The first kappa shape index (κ1) is 15.3. The molecule has 1 aromatic carbocycles. The topological polar surface area (TPSA) is 55.6 Å². The molecule has 0 atom stereocenters. The summed E-state index contributed by atoms with van der Waals surface area (Å²) in [5.74, 6) is -0.398. The minimum atomic E-state index is -4.70. The fourth-order valence-corrected chi connectivity index (χ4v) is 1.47. The number of nitrogens with two attached hydrogens (primary N) is 1. The molecule has 0 saturated heterocycles. The Bertz CT molecular complexity index is 418. The Balaban J connectivity index is 2.59. The van der Waals surface area contributed by atoms with Crippen molar-refractivity contribution in [2.24, 2.45) is 5.73 Å². The van der Waals surface area contributed by atoms with Crippen LogP contribution in [0.5, 0.6) is 5.75 Å². The monoisotopic (exact) mass is 276 g/mol. The second kappa shape index (κ2) is 6.42. The molecule has 0 aliphatic carbocycles. The number of alkyl halides is 3. The minimum Gasteiger partial charge on any atom is -0.406 e. The molecular formula is C12H15F3N2O2. The fraction of sp³-hybridized carbons (Fsp3) is 0.417. The van der Waals surface area contributed by atoms with Crippen molar-refractivity contribution < 1.29 is 22.7 Å². The van der Waals surface area contributed by atoms with E-state index >= 15 is 0 Å². The van der Waals surface area contributed by atoms with E-state index in [1.807, 2.05) is 0 Å². The highest BCUT2D eigenvalue weighted by atomic mass is 19.4. The summed E-state index contributed by atoms with van der Waals surface area (Å²) >= 11 is 0. The summed E-state index contributed by atoms with van der Waals surface area (Å²) < 4.78 is 39.6. The smallest absolute Gasteiger partial charge is 0.406 e. The number of hydrogen-bond donors (Lipinski definition) is 1. The van der Waals surface area contributed by atoms with Gasteiger partial charge in [-0.25, -0.2) is 0 Å². The van der Waals surface area contributed by atoms with Crippen LogP contribution in [-0.2, 0) is 11.3 Å². The van der Waals surface area contributed by atoms with Crippen LogP contribution in [0, 0.1) is 0 Å². The zero-order chi connectivity index (χ0) is 14.5. The highest BCUT2D eigenvalue weighted by Gasteiger charge is 2.30. The molecule has 4 nitrogen and oxygen atoms in total. The molecule has 106 valence electrons. The summed E-state index contributed by atoms with van der Waals surface area (Å²) in [7, 11) is 1.61. The van der Waals surface area contributed by atoms with E-state index in [0.29, 0.717) is 12.1 Å². The van der Waals surface area contributed by atoms with Crippen molar-refractivity contribution in [2.75, 3.05) is 13.6 Å². The average Bonchev–Trinajstić information content (AvgIpc) is 2.30. The maximum atomic E-state index is 12.0. The van der Waals surface area contributed by atoms with Crippen LogP contribution in [-0.4, -0.2) is 30.8 Å². The molecule has 0 radical (unpaired) electrons. The highest BCUT2D eigenvalue weighted by Crippen LogP contribution is 2.22. The highest BCUT2D eigenvalue weighted by molar-refractivity contribution is 5.76. The van der Waals surface area contributed by atoms with Gasteiger partial charge in [0, 0.05) is 26.6 Å². The van der Waals surface area contributed by atoms with Crippen molar-refractivity contribution >= 4 is 5.91 Å². The van der Waals surface area contributed by atoms with Gasteiger partial charge in [-0.15, -0.1) is 13.2 Å². The number of ether oxygens (including phenoxy) is 1. The molecule has 0 bridgehead atoms. The van der Waals surface area contributed by atoms with Gasteiger partial charge in [-0.2, -0.15) is 0 Å². The van der Waals surface area contributed by atoms with E-state index in [-0.39, 0.29) is 24.6 Å². The van der Waals surface area contributed by atoms with Gasteiger partial charge in [0.1, 0.15) is 5.75 Å². The molecule has 19 heavy (non-hydrogen) atoms. The quantitative estimate of drug-likeness (QED) is 0.893. The third-order valence-corrected chi connectivity index (χ3v) is 2.36. The third kappa shape index (κ3) is 5.60. The normalized spacial score (nSPS) is 11.2. The predicted octanol–water partition coefficient (Wildman–Crippen LogP) is 1.89. The van der Waals surface area contributed by atoms with E-state index < -0.39 is 6.36 Å². The molecule has 0 spiro atoms. The Hall–Kier alpha value is -1.76. The average molecular weight is 276 g/mol. The standard InChI is InChI=1S/C12H15F3N2O2/c1-17(11(18)6-7-16)8-9-2-4-10(5-3-9)19-12(13,14)15/h2-5H,6-8,16H2,1H3. The predicted molar refractivity (Wildman–Crippen MR) is 63.3 cm³/mol. The molecule has 0 unspecified atom stereocenters.